The first-order chi connectivity index (χ1) is 14.1. The highest BCUT2D eigenvalue weighted by Crippen LogP contribution is 2.23. The summed E-state index contributed by atoms with van der Waals surface area (Å²) in [6.07, 6.45) is 6.03. The summed E-state index contributed by atoms with van der Waals surface area (Å²) in [5, 5.41) is 17.8. The number of hydrogen-bond donors (Lipinski definition) is 0. The minimum absolute atomic E-state index is 0.138. The van der Waals surface area contributed by atoms with Gasteiger partial charge in [-0.2, -0.15) is 20.3 Å². The van der Waals surface area contributed by atoms with Gasteiger partial charge >= 0.3 is 0 Å². The summed E-state index contributed by atoms with van der Waals surface area (Å²) >= 11 is 6.12. The fourth-order valence-electron chi connectivity index (χ4n) is 3.29. The summed E-state index contributed by atoms with van der Waals surface area (Å²) in [7, 11) is 0. The minimum atomic E-state index is -0.201. The Labute approximate surface area is 172 Å². The van der Waals surface area contributed by atoms with Gasteiger partial charge in [-0.25, -0.2) is 4.98 Å². The van der Waals surface area contributed by atoms with Crippen LogP contribution < -0.4 is 4.74 Å². The van der Waals surface area contributed by atoms with E-state index in [-0.39, 0.29) is 12.0 Å². The van der Waals surface area contributed by atoms with Crippen LogP contribution in [0, 0.1) is 11.3 Å². The Morgan fingerprint density at radius 3 is 2.83 bits per heavy atom. The molecular weight excluding hydrogens is 392 g/mol. The number of aromatic nitrogens is 4. The molecule has 9 heteroatoms. The van der Waals surface area contributed by atoms with E-state index in [9.17, 15) is 4.79 Å². The molecule has 0 saturated carbocycles. The third-order valence-corrected chi connectivity index (χ3v) is 4.88. The van der Waals surface area contributed by atoms with E-state index in [1.807, 2.05) is 0 Å². The van der Waals surface area contributed by atoms with Gasteiger partial charge in [-0.3, -0.25) is 4.79 Å². The van der Waals surface area contributed by atoms with E-state index >= 15 is 0 Å². The maximum Gasteiger partial charge on any atom is 0.256 e. The maximum absolute atomic E-state index is 13.2. The standard InChI is InChI=1S/C20H17ClN6O2/c21-15-3-4-17(18(11-15)27-24-7-8-25-27)20(28)26-9-1-2-16(13-26)29-19-10-14(12-22)5-6-23-19/h3-8,10-11,16H,1-2,9,13H2/t16-/m1/s1. The fourth-order valence-corrected chi connectivity index (χ4v) is 3.46. The van der Waals surface area contributed by atoms with Crippen LogP contribution in [-0.4, -0.2) is 50.0 Å². The van der Waals surface area contributed by atoms with Crippen molar-refractivity contribution in [1.82, 2.24) is 24.9 Å². The third-order valence-electron chi connectivity index (χ3n) is 4.64. The first-order valence-electron chi connectivity index (χ1n) is 9.12. The van der Waals surface area contributed by atoms with E-state index in [1.54, 1.807) is 47.6 Å². The Bertz CT molecular complexity index is 1060. The molecule has 1 amide bonds. The van der Waals surface area contributed by atoms with E-state index in [1.165, 1.54) is 11.0 Å². The molecule has 1 fully saturated rings. The number of benzene rings is 1. The van der Waals surface area contributed by atoms with E-state index in [2.05, 4.69) is 21.3 Å². The number of likely N-dealkylation sites (tertiary alicyclic amines) is 1. The van der Waals surface area contributed by atoms with Crippen LogP contribution in [0.15, 0.2) is 48.9 Å². The molecule has 0 N–H and O–H groups in total. The maximum atomic E-state index is 13.2. The number of rotatable bonds is 4. The lowest BCUT2D eigenvalue weighted by molar-refractivity contribution is 0.0527. The lowest BCUT2D eigenvalue weighted by Gasteiger charge is -2.33. The van der Waals surface area contributed by atoms with Crippen molar-refractivity contribution in [2.75, 3.05) is 13.1 Å². The SMILES string of the molecule is N#Cc1ccnc(O[C@@H]2CCCN(C(=O)c3ccc(Cl)cc3-n3nccn3)C2)c1. The number of carbonyl (C=O) groups is 1. The zero-order chi connectivity index (χ0) is 20.2. The Balaban J connectivity index is 1.53. The largest absolute Gasteiger partial charge is 0.472 e. The molecule has 0 aliphatic carbocycles. The number of amides is 1. The Hall–Kier alpha value is -3.44. The summed E-state index contributed by atoms with van der Waals surface area (Å²) < 4.78 is 5.93. The highest BCUT2D eigenvalue weighted by molar-refractivity contribution is 6.31. The second-order valence-electron chi connectivity index (χ2n) is 6.61. The quantitative estimate of drug-likeness (QED) is 0.658. The lowest BCUT2D eigenvalue weighted by atomic mass is 10.1. The van der Waals surface area contributed by atoms with Crippen molar-refractivity contribution in [2.24, 2.45) is 0 Å². The number of hydrogen-bond acceptors (Lipinski definition) is 6. The van der Waals surface area contributed by atoms with Crippen LogP contribution in [0.1, 0.15) is 28.8 Å². The highest BCUT2D eigenvalue weighted by atomic mass is 35.5. The Kier molecular flexibility index (Phi) is 5.40. The van der Waals surface area contributed by atoms with Gasteiger partial charge in [0.05, 0.1) is 41.8 Å². The van der Waals surface area contributed by atoms with Gasteiger partial charge in [0, 0.05) is 23.8 Å². The van der Waals surface area contributed by atoms with Crippen LogP contribution in [0.4, 0.5) is 0 Å². The van der Waals surface area contributed by atoms with Crippen molar-refractivity contribution in [3.63, 3.8) is 0 Å². The minimum Gasteiger partial charge on any atom is -0.472 e. The number of nitriles is 1. The molecule has 3 heterocycles. The van der Waals surface area contributed by atoms with E-state index in [0.717, 1.165) is 12.8 Å². The summed E-state index contributed by atoms with van der Waals surface area (Å²) in [5.41, 5.74) is 1.48. The van der Waals surface area contributed by atoms with Crippen molar-refractivity contribution in [3.05, 3.63) is 65.1 Å². The number of carbonyl (C=O) groups excluding carboxylic acids is 1. The predicted molar refractivity (Wildman–Crippen MR) is 105 cm³/mol. The van der Waals surface area contributed by atoms with Gasteiger partial charge in [0.1, 0.15) is 6.10 Å². The molecule has 29 heavy (non-hydrogen) atoms. The van der Waals surface area contributed by atoms with Gasteiger partial charge in [-0.05, 0) is 37.1 Å². The van der Waals surface area contributed by atoms with Crippen molar-refractivity contribution < 1.29 is 9.53 Å². The molecule has 1 aliphatic heterocycles. The summed E-state index contributed by atoms with van der Waals surface area (Å²) in [6, 6.07) is 10.3. The molecule has 4 rings (SSSR count). The molecule has 3 aromatic rings. The summed E-state index contributed by atoms with van der Waals surface area (Å²) in [5.74, 6) is 0.247. The average Bonchev–Trinajstić information content (AvgIpc) is 3.28. The van der Waals surface area contributed by atoms with Crippen molar-refractivity contribution in [3.8, 4) is 17.6 Å². The Morgan fingerprint density at radius 1 is 1.21 bits per heavy atom. The van der Waals surface area contributed by atoms with Crippen LogP contribution >= 0.6 is 11.6 Å². The second-order valence-corrected chi connectivity index (χ2v) is 7.04. The van der Waals surface area contributed by atoms with Crippen molar-refractivity contribution >= 4 is 17.5 Å². The molecule has 0 radical (unpaired) electrons. The van der Waals surface area contributed by atoms with Gasteiger partial charge in [0.15, 0.2) is 0 Å². The van der Waals surface area contributed by atoms with Crippen LogP contribution in [-0.2, 0) is 0 Å². The van der Waals surface area contributed by atoms with Gasteiger partial charge in [-0.15, -0.1) is 0 Å². The molecule has 8 nitrogen and oxygen atoms in total. The molecule has 0 spiro atoms. The molecule has 1 saturated heterocycles. The molecule has 1 atom stereocenters. The van der Waals surface area contributed by atoms with Crippen LogP contribution in [0.5, 0.6) is 5.88 Å². The molecule has 146 valence electrons. The van der Waals surface area contributed by atoms with Crippen LogP contribution in [0.2, 0.25) is 5.02 Å². The molecule has 0 bridgehead atoms. The predicted octanol–water partition coefficient (Wildman–Crippen LogP) is 2.87. The lowest BCUT2D eigenvalue weighted by Crippen LogP contribution is -2.44. The second kappa shape index (κ2) is 8.29. The van der Waals surface area contributed by atoms with Gasteiger partial charge in [-0.1, -0.05) is 11.6 Å². The van der Waals surface area contributed by atoms with Crippen LogP contribution in [0.3, 0.4) is 0 Å². The zero-order valence-electron chi connectivity index (χ0n) is 15.4. The van der Waals surface area contributed by atoms with Gasteiger partial charge in [0.25, 0.3) is 5.91 Å². The molecule has 0 unspecified atom stereocenters. The molecular formula is C20H17ClN6O2. The monoisotopic (exact) mass is 408 g/mol. The van der Waals surface area contributed by atoms with E-state index in [4.69, 9.17) is 21.6 Å². The van der Waals surface area contributed by atoms with Gasteiger partial charge < -0.3 is 9.64 Å². The smallest absolute Gasteiger partial charge is 0.256 e. The van der Waals surface area contributed by atoms with E-state index < -0.39 is 0 Å². The van der Waals surface area contributed by atoms with Gasteiger partial charge in [0.2, 0.25) is 5.88 Å². The topological polar surface area (TPSA) is 96.9 Å². The molecule has 1 aliphatic rings. The first kappa shape index (κ1) is 18.9. The fraction of sp³-hybridized carbons (Fsp3) is 0.250. The number of piperidine rings is 1. The number of nitrogens with zero attached hydrogens (tertiary/aromatic N) is 6. The van der Waals surface area contributed by atoms with E-state index in [0.29, 0.717) is 40.8 Å². The third kappa shape index (κ3) is 4.20. The number of pyridine rings is 1. The average molecular weight is 409 g/mol. The number of ether oxygens (including phenoxy) is 1. The summed E-state index contributed by atoms with van der Waals surface area (Å²) in [4.78, 5) is 20.5. The molecule has 1 aromatic carbocycles. The van der Waals surface area contributed by atoms with Crippen molar-refractivity contribution in [1.29, 1.82) is 5.26 Å². The summed E-state index contributed by atoms with van der Waals surface area (Å²) in [6.45, 7) is 1.05. The number of halogens is 1. The van der Waals surface area contributed by atoms with Crippen LogP contribution in [0.25, 0.3) is 5.69 Å². The first-order valence-corrected chi connectivity index (χ1v) is 9.50. The normalized spacial score (nSPS) is 16.3. The zero-order valence-corrected chi connectivity index (χ0v) is 16.2. The molecule has 2 aromatic heterocycles. The highest BCUT2D eigenvalue weighted by Gasteiger charge is 2.28. The van der Waals surface area contributed by atoms with Crippen molar-refractivity contribution in [2.45, 2.75) is 18.9 Å². The Morgan fingerprint density at radius 2 is 2.03 bits per heavy atom.